The number of benzene rings is 1. The maximum atomic E-state index is 12.2. The number of aryl methyl sites for hydroxylation is 1. The molecule has 1 heterocycles. The van der Waals surface area contributed by atoms with Gasteiger partial charge in [-0.2, -0.15) is 11.8 Å². The number of thioether (sulfide) groups is 1. The standard InChI is InChI=1S/C17H25N3O2S/c1-13-3-5-14(6-4-13)12-20-9-7-19-17(22)15(20)11-16(21)18-8-10-23-2/h3-6,15H,7-12H2,1-2H3,(H,18,21)(H,19,22)/t15-/m0/s1. The Labute approximate surface area is 142 Å². The first-order chi connectivity index (χ1) is 11.1. The normalized spacial score (nSPS) is 18.5. The van der Waals surface area contributed by atoms with Crippen LogP contribution in [0.4, 0.5) is 0 Å². The third-order valence-electron chi connectivity index (χ3n) is 3.96. The number of piperazine rings is 1. The van der Waals surface area contributed by atoms with Crippen LogP contribution in [0.5, 0.6) is 0 Å². The minimum absolute atomic E-state index is 0.0524. The van der Waals surface area contributed by atoms with Crippen molar-refractivity contribution >= 4 is 23.6 Å². The van der Waals surface area contributed by atoms with Crippen LogP contribution in [-0.4, -0.2) is 54.4 Å². The van der Waals surface area contributed by atoms with E-state index >= 15 is 0 Å². The molecule has 1 aromatic carbocycles. The lowest BCUT2D eigenvalue weighted by atomic mass is 10.1. The molecule has 0 radical (unpaired) electrons. The summed E-state index contributed by atoms with van der Waals surface area (Å²) in [4.78, 5) is 26.3. The Balaban J connectivity index is 1.96. The molecule has 1 atom stereocenters. The van der Waals surface area contributed by atoms with Crippen molar-refractivity contribution in [3.05, 3.63) is 35.4 Å². The lowest BCUT2D eigenvalue weighted by Crippen LogP contribution is -2.56. The molecule has 1 aromatic rings. The number of hydrogen-bond donors (Lipinski definition) is 2. The zero-order chi connectivity index (χ0) is 16.7. The lowest BCUT2D eigenvalue weighted by Gasteiger charge is -2.34. The Kier molecular flexibility index (Phi) is 6.92. The first-order valence-corrected chi connectivity index (χ1v) is 9.32. The van der Waals surface area contributed by atoms with Crippen molar-refractivity contribution in [2.24, 2.45) is 0 Å². The molecule has 0 bridgehead atoms. The number of rotatable bonds is 7. The van der Waals surface area contributed by atoms with Gasteiger partial charge < -0.3 is 10.6 Å². The third kappa shape index (κ3) is 5.55. The summed E-state index contributed by atoms with van der Waals surface area (Å²) in [6, 6.07) is 7.92. The minimum Gasteiger partial charge on any atom is -0.355 e. The molecule has 2 N–H and O–H groups in total. The van der Waals surface area contributed by atoms with Crippen molar-refractivity contribution in [1.29, 1.82) is 0 Å². The Bertz CT molecular complexity index is 533. The van der Waals surface area contributed by atoms with E-state index in [4.69, 9.17) is 0 Å². The highest BCUT2D eigenvalue weighted by molar-refractivity contribution is 7.98. The van der Waals surface area contributed by atoms with Gasteiger partial charge in [-0.15, -0.1) is 0 Å². The van der Waals surface area contributed by atoms with Gasteiger partial charge in [0.15, 0.2) is 0 Å². The van der Waals surface area contributed by atoms with Gasteiger partial charge >= 0.3 is 0 Å². The smallest absolute Gasteiger partial charge is 0.237 e. The third-order valence-corrected chi connectivity index (χ3v) is 4.57. The van der Waals surface area contributed by atoms with E-state index in [1.165, 1.54) is 5.56 Å². The highest BCUT2D eigenvalue weighted by atomic mass is 32.2. The molecule has 1 saturated heterocycles. The van der Waals surface area contributed by atoms with Gasteiger partial charge in [0, 0.05) is 31.9 Å². The fourth-order valence-corrected chi connectivity index (χ4v) is 2.95. The zero-order valence-electron chi connectivity index (χ0n) is 13.8. The number of carbonyl (C=O) groups excluding carboxylic acids is 2. The Morgan fingerprint density at radius 1 is 1.39 bits per heavy atom. The van der Waals surface area contributed by atoms with Gasteiger partial charge in [-0.3, -0.25) is 14.5 Å². The van der Waals surface area contributed by atoms with E-state index in [9.17, 15) is 9.59 Å². The monoisotopic (exact) mass is 335 g/mol. The van der Waals surface area contributed by atoms with Crippen LogP contribution in [0.3, 0.4) is 0 Å². The van der Waals surface area contributed by atoms with E-state index in [1.807, 2.05) is 6.26 Å². The maximum absolute atomic E-state index is 12.2. The van der Waals surface area contributed by atoms with Crippen LogP contribution in [-0.2, 0) is 16.1 Å². The number of nitrogens with one attached hydrogen (secondary N) is 2. The summed E-state index contributed by atoms with van der Waals surface area (Å²) in [7, 11) is 0. The van der Waals surface area contributed by atoms with Gasteiger partial charge in [-0.1, -0.05) is 29.8 Å². The summed E-state index contributed by atoms with van der Waals surface area (Å²) in [6.07, 6.45) is 2.22. The first-order valence-electron chi connectivity index (χ1n) is 7.93. The predicted octanol–water partition coefficient (Wildman–Crippen LogP) is 1.16. The topological polar surface area (TPSA) is 61.4 Å². The Morgan fingerprint density at radius 3 is 2.83 bits per heavy atom. The summed E-state index contributed by atoms with van der Waals surface area (Å²) in [5, 5.41) is 5.74. The molecule has 0 saturated carbocycles. The van der Waals surface area contributed by atoms with Crippen molar-refractivity contribution in [3.8, 4) is 0 Å². The van der Waals surface area contributed by atoms with Crippen molar-refractivity contribution in [2.75, 3.05) is 31.6 Å². The molecule has 1 aliphatic heterocycles. The summed E-state index contributed by atoms with van der Waals surface area (Å²) < 4.78 is 0. The molecule has 0 unspecified atom stereocenters. The lowest BCUT2D eigenvalue weighted by molar-refractivity contribution is -0.134. The summed E-state index contributed by atoms with van der Waals surface area (Å²) in [5.41, 5.74) is 2.38. The molecule has 5 nitrogen and oxygen atoms in total. The van der Waals surface area contributed by atoms with Crippen LogP contribution in [0.1, 0.15) is 17.5 Å². The van der Waals surface area contributed by atoms with Gasteiger partial charge in [-0.25, -0.2) is 0 Å². The van der Waals surface area contributed by atoms with E-state index < -0.39 is 0 Å². The molecule has 1 aliphatic rings. The largest absolute Gasteiger partial charge is 0.355 e. The SMILES string of the molecule is CSCCNC(=O)C[C@H]1C(=O)NCCN1Cc1ccc(C)cc1. The molecular formula is C17H25N3O2S. The van der Waals surface area contributed by atoms with Crippen LogP contribution >= 0.6 is 11.8 Å². The number of hydrogen-bond acceptors (Lipinski definition) is 4. The maximum Gasteiger partial charge on any atom is 0.237 e. The highest BCUT2D eigenvalue weighted by Crippen LogP contribution is 2.14. The molecule has 2 rings (SSSR count). The predicted molar refractivity (Wildman–Crippen MR) is 94.4 cm³/mol. The second-order valence-electron chi connectivity index (χ2n) is 5.81. The second kappa shape index (κ2) is 8.93. The van der Waals surface area contributed by atoms with Crippen LogP contribution in [0.2, 0.25) is 0 Å². The van der Waals surface area contributed by atoms with Crippen molar-refractivity contribution in [3.63, 3.8) is 0 Å². The number of carbonyl (C=O) groups is 2. The van der Waals surface area contributed by atoms with E-state index in [0.29, 0.717) is 19.6 Å². The van der Waals surface area contributed by atoms with E-state index in [0.717, 1.165) is 17.9 Å². The van der Waals surface area contributed by atoms with Crippen molar-refractivity contribution in [1.82, 2.24) is 15.5 Å². The molecular weight excluding hydrogens is 310 g/mol. The zero-order valence-corrected chi connectivity index (χ0v) is 14.6. The fraction of sp³-hybridized carbons (Fsp3) is 0.529. The van der Waals surface area contributed by atoms with Gasteiger partial charge in [0.05, 0.1) is 12.5 Å². The van der Waals surface area contributed by atoms with Gasteiger partial charge in [0.25, 0.3) is 0 Å². The highest BCUT2D eigenvalue weighted by Gasteiger charge is 2.31. The molecule has 0 aromatic heterocycles. The second-order valence-corrected chi connectivity index (χ2v) is 6.80. The van der Waals surface area contributed by atoms with Gasteiger partial charge in [-0.05, 0) is 18.7 Å². The molecule has 23 heavy (non-hydrogen) atoms. The molecule has 1 fully saturated rings. The summed E-state index contributed by atoms with van der Waals surface area (Å²) >= 11 is 1.69. The van der Waals surface area contributed by atoms with Gasteiger partial charge in [0.1, 0.15) is 0 Å². The van der Waals surface area contributed by atoms with Crippen LogP contribution in [0, 0.1) is 6.92 Å². The van der Waals surface area contributed by atoms with Crippen molar-refractivity contribution in [2.45, 2.75) is 25.9 Å². The Hall–Kier alpha value is -1.53. The average Bonchev–Trinajstić information content (AvgIpc) is 2.53. The Morgan fingerprint density at radius 2 is 2.13 bits per heavy atom. The average molecular weight is 335 g/mol. The van der Waals surface area contributed by atoms with Gasteiger partial charge in [0.2, 0.25) is 11.8 Å². The molecule has 0 aliphatic carbocycles. The fourth-order valence-electron chi connectivity index (χ4n) is 2.64. The number of nitrogens with zero attached hydrogens (tertiary/aromatic N) is 1. The summed E-state index contributed by atoms with van der Waals surface area (Å²) in [5.74, 6) is 0.772. The van der Waals surface area contributed by atoms with E-state index in [1.54, 1.807) is 11.8 Å². The van der Waals surface area contributed by atoms with E-state index in [-0.39, 0.29) is 24.3 Å². The summed E-state index contributed by atoms with van der Waals surface area (Å²) in [6.45, 7) is 4.79. The number of amides is 2. The molecule has 0 spiro atoms. The van der Waals surface area contributed by atoms with Crippen LogP contribution in [0.25, 0.3) is 0 Å². The van der Waals surface area contributed by atoms with Crippen LogP contribution in [0.15, 0.2) is 24.3 Å². The molecule has 2 amide bonds. The van der Waals surface area contributed by atoms with E-state index in [2.05, 4.69) is 46.7 Å². The quantitative estimate of drug-likeness (QED) is 0.734. The van der Waals surface area contributed by atoms with Crippen molar-refractivity contribution < 1.29 is 9.59 Å². The minimum atomic E-state index is -0.390. The first kappa shape index (κ1) is 17.8. The van der Waals surface area contributed by atoms with Crippen LogP contribution < -0.4 is 10.6 Å². The molecule has 126 valence electrons. The molecule has 6 heteroatoms.